The lowest BCUT2D eigenvalue weighted by molar-refractivity contribution is -0.123. The highest BCUT2D eigenvalue weighted by molar-refractivity contribution is 9.10. The Labute approximate surface area is 152 Å². The van der Waals surface area contributed by atoms with Crippen molar-refractivity contribution in [2.24, 2.45) is 0 Å². The van der Waals surface area contributed by atoms with E-state index in [1.165, 1.54) is 16.7 Å². The van der Waals surface area contributed by atoms with Crippen LogP contribution in [0.3, 0.4) is 0 Å². The van der Waals surface area contributed by atoms with E-state index >= 15 is 0 Å². The zero-order chi connectivity index (χ0) is 17.7. The SMILES string of the molecule is CCc1ccc(OCC(=O)N[C@H](C)c2ccc(C)c(C)c2)c(Br)c1. The molecule has 0 bridgehead atoms. The molecule has 128 valence electrons. The molecule has 0 spiro atoms. The van der Waals surface area contributed by atoms with E-state index in [2.05, 4.69) is 54.2 Å². The molecule has 0 aliphatic rings. The number of carbonyl (C=O) groups is 1. The molecule has 0 fully saturated rings. The van der Waals surface area contributed by atoms with Crippen molar-refractivity contribution < 1.29 is 9.53 Å². The van der Waals surface area contributed by atoms with Crippen LogP contribution in [0.15, 0.2) is 40.9 Å². The molecule has 24 heavy (non-hydrogen) atoms. The van der Waals surface area contributed by atoms with Gasteiger partial charge in [0, 0.05) is 0 Å². The summed E-state index contributed by atoms with van der Waals surface area (Å²) in [5, 5.41) is 2.98. The Morgan fingerprint density at radius 3 is 2.54 bits per heavy atom. The van der Waals surface area contributed by atoms with Gasteiger partial charge in [-0.15, -0.1) is 0 Å². The van der Waals surface area contributed by atoms with Gasteiger partial charge in [-0.05, 0) is 77.5 Å². The van der Waals surface area contributed by atoms with Crippen molar-refractivity contribution in [1.29, 1.82) is 0 Å². The summed E-state index contributed by atoms with van der Waals surface area (Å²) in [5.41, 5.74) is 4.80. The monoisotopic (exact) mass is 389 g/mol. The van der Waals surface area contributed by atoms with Crippen LogP contribution in [0.25, 0.3) is 0 Å². The van der Waals surface area contributed by atoms with Gasteiger partial charge in [0.05, 0.1) is 10.5 Å². The largest absolute Gasteiger partial charge is 0.483 e. The second kappa shape index (κ2) is 8.34. The minimum Gasteiger partial charge on any atom is -0.483 e. The maximum absolute atomic E-state index is 12.1. The van der Waals surface area contributed by atoms with Gasteiger partial charge >= 0.3 is 0 Å². The van der Waals surface area contributed by atoms with Gasteiger partial charge in [-0.3, -0.25) is 4.79 Å². The summed E-state index contributed by atoms with van der Waals surface area (Å²) in [6.45, 7) is 8.24. The van der Waals surface area contributed by atoms with E-state index < -0.39 is 0 Å². The number of benzene rings is 2. The zero-order valence-corrected chi connectivity index (χ0v) is 16.2. The topological polar surface area (TPSA) is 38.3 Å². The Balaban J connectivity index is 1.92. The maximum atomic E-state index is 12.1. The molecule has 1 amide bonds. The Morgan fingerprint density at radius 1 is 1.17 bits per heavy atom. The van der Waals surface area contributed by atoms with Gasteiger partial charge in [-0.1, -0.05) is 31.2 Å². The summed E-state index contributed by atoms with van der Waals surface area (Å²) in [7, 11) is 0. The molecule has 2 rings (SSSR count). The molecule has 0 saturated carbocycles. The van der Waals surface area contributed by atoms with E-state index in [0.717, 1.165) is 16.5 Å². The lowest BCUT2D eigenvalue weighted by atomic mass is 10.0. The van der Waals surface area contributed by atoms with E-state index in [0.29, 0.717) is 5.75 Å². The second-order valence-electron chi connectivity index (χ2n) is 6.04. The molecule has 0 unspecified atom stereocenters. The van der Waals surface area contributed by atoms with Crippen LogP contribution in [-0.4, -0.2) is 12.5 Å². The van der Waals surface area contributed by atoms with Gasteiger partial charge in [-0.2, -0.15) is 0 Å². The first-order chi connectivity index (χ1) is 11.4. The highest BCUT2D eigenvalue weighted by Gasteiger charge is 2.12. The lowest BCUT2D eigenvalue weighted by Crippen LogP contribution is -2.31. The summed E-state index contributed by atoms with van der Waals surface area (Å²) < 4.78 is 6.49. The van der Waals surface area contributed by atoms with Crippen molar-refractivity contribution in [1.82, 2.24) is 5.32 Å². The number of ether oxygens (including phenoxy) is 1. The lowest BCUT2D eigenvalue weighted by Gasteiger charge is -2.16. The first kappa shape index (κ1) is 18.5. The van der Waals surface area contributed by atoms with Crippen LogP contribution in [0, 0.1) is 13.8 Å². The third-order valence-corrected chi connectivity index (χ3v) is 4.79. The van der Waals surface area contributed by atoms with Gasteiger partial charge in [0.2, 0.25) is 0 Å². The predicted octanol–water partition coefficient (Wildman–Crippen LogP) is 4.88. The molecule has 0 aliphatic heterocycles. The standard InChI is InChI=1S/C20H24BrNO2/c1-5-16-7-9-19(18(21)11-16)24-12-20(23)22-15(4)17-8-6-13(2)14(3)10-17/h6-11,15H,5,12H2,1-4H3,(H,22,23)/t15-/m1/s1. The van der Waals surface area contributed by atoms with Crippen molar-refractivity contribution in [3.05, 3.63) is 63.1 Å². The number of nitrogens with one attached hydrogen (secondary N) is 1. The van der Waals surface area contributed by atoms with Gasteiger partial charge in [0.25, 0.3) is 5.91 Å². The number of rotatable bonds is 6. The van der Waals surface area contributed by atoms with Crippen LogP contribution in [0.5, 0.6) is 5.75 Å². The van der Waals surface area contributed by atoms with Crippen molar-refractivity contribution >= 4 is 21.8 Å². The maximum Gasteiger partial charge on any atom is 0.258 e. The van der Waals surface area contributed by atoms with Crippen LogP contribution in [0.4, 0.5) is 0 Å². The summed E-state index contributed by atoms with van der Waals surface area (Å²) in [4.78, 5) is 12.1. The van der Waals surface area contributed by atoms with Crippen LogP contribution in [0.1, 0.15) is 42.1 Å². The Kier molecular flexibility index (Phi) is 6.44. The highest BCUT2D eigenvalue weighted by Crippen LogP contribution is 2.26. The molecule has 0 saturated heterocycles. The molecule has 3 nitrogen and oxygen atoms in total. The average Bonchev–Trinajstić information content (AvgIpc) is 2.56. The first-order valence-electron chi connectivity index (χ1n) is 8.18. The fourth-order valence-corrected chi connectivity index (χ4v) is 2.97. The fourth-order valence-electron chi connectivity index (χ4n) is 2.43. The number of halogens is 1. The van der Waals surface area contributed by atoms with Gasteiger partial charge < -0.3 is 10.1 Å². The molecule has 2 aromatic carbocycles. The quantitative estimate of drug-likeness (QED) is 0.763. The van der Waals surface area contributed by atoms with Crippen molar-refractivity contribution in [2.45, 2.75) is 40.2 Å². The molecular formula is C20H24BrNO2. The van der Waals surface area contributed by atoms with Crippen molar-refractivity contribution in [2.75, 3.05) is 6.61 Å². The van der Waals surface area contributed by atoms with E-state index in [-0.39, 0.29) is 18.6 Å². The van der Waals surface area contributed by atoms with E-state index in [9.17, 15) is 4.79 Å². The van der Waals surface area contributed by atoms with Crippen LogP contribution >= 0.6 is 15.9 Å². The van der Waals surface area contributed by atoms with E-state index in [4.69, 9.17) is 4.74 Å². The molecule has 0 heterocycles. The van der Waals surface area contributed by atoms with Crippen LogP contribution < -0.4 is 10.1 Å². The summed E-state index contributed by atoms with van der Waals surface area (Å²) in [6, 6.07) is 12.1. The number of hydrogen-bond acceptors (Lipinski definition) is 2. The van der Waals surface area contributed by atoms with Gasteiger partial charge in [-0.25, -0.2) is 0 Å². The highest BCUT2D eigenvalue weighted by atomic mass is 79.9. The van der Waals surface area contributed by atoms with E-state index in [1.54, 1.807) is 0 Å². The summed E-state index contributed by atoms with van der Waals surface area (Å²) in [6.07, 6.45) is 0.965. The van der Waals surface area contributed by atoms with E-state index in [1.807, 2.05) is 31.2 Å². The second-order valence-corrected chi connectivity index (χ2v) is 6.89. The molecule has 0 aliphatic carbocycles. The molecule has 4 heteroatoms. The smallest absolute Gasteiger partial charge is 0.258 e. The van der Waals surface area contributed by atoms with Crippen molar-refractivity contribution in [3.8, 4) is 5.75 Å². The minimum atomic E-state index is -0.132. The average molecular weight is 390 g/mol. The number of hydrogen-bond donors (Lipinski definition) is 1. The number of aryl methyl sites for hydroxylation is 3. The third-order valence-electron chi connectivity index (χ3n) is 4.17. The summed E-state index contributed by atoms with van der Waals surface area (Å²) >= 11 is 3.48. The first-order valence-corrected chi connectivity index (χ1v) is 8.97. The van der Waals surface area contributed by atoms with Gasteiger partial charge in [0.1, 0.15) is 5.75 Å². The Hall–Kier alpha value is -1.81. The third kappa shape index (κ3) is 4.84. The Bertz CT molecular complexity index is 728. The minimum absolute atomic E-state index is 0.000739. The fraction of sp³-hybridized carbons (Fsp3) is 0.350. The summed E-state index contributed by atoms with van der Waals surface area (Å²) in [5.74, 6) is 0.549. The number of carbonyl (C=O) groups excluding carboxylic acids is 1. The molecule has 0 aromatic heterocycles. The predicted molar refractivity (Wildman–Crippen MR) is 101 cm³/mol. The molecule has 0 radical (unpaired) electrons. The van der Waals surface area contributed by atoms with Crippen LogP contribution in [-0.2, 0) is 11.2 Å². The Morgan fingerprint density at radius 2 is 1.92 bits per heavy atom. The van der Waals surface area contributed by atoms with Crippen molar-refractivity contribution in [3.63, 3.8) is 0 Å². The molecular weight excluding hydrogens is 366 g/mol. The van der Waals surface area contributed by atoms with Gasteiger partial charge in [0.15, 0.2) is 6.61 Å². The normalized spacial score (nSPS) is 11.9. The zero-order valence-electron chi connectivity index (χ0n) is 14.7. The van der Waals surface area contributed by atoms with Crippen LogP contribution in [0.2, 0.25) is 0 Å². The molecule has 1 atom stereocenters. The molecule has 2 aromatic rings. The number of amides is 1. The molecule has 1 N–H and O–H groups in total.